The first kappa shape index (κ1) is 21.2. The largest absolute Gasteiger partial charge is 0.496 e. The molecule has 160 valence electrons. The second-order valence-electron chi connectivity index (χ2n) is 9.82. The first-order chi connectivity index (χ1) is 14.7. The second kappa shape index (κ2) is 6.71. The van der Waals surface area contributed by atoms with Gasteiger partial charge in [-0.2, -0.15) is 15.8 Å². The van der Waals surface area contributed by atoms with Gasteiger partial charge < -0.3 is 14.2 Å². The first-order valence-electron chi connectivity index (χ1n) is 10.5. The lowest BCUT2D eigenvalue weighted by molar-refractivity contribution is -0.301. The Morgan fingerprint density at radius 2 is 1.81 bits per heavy atom. The first-order valence-corrected chi connectivity index (χ1v) is 10.5. The Morgan fingerprint density at radius 1 is 1.13 bits per heavy atom. The Labute approximate surface area is 182 Å². The number of nitrogens with one attached hydrogen (secondary N) is 1. The van der Waals surface area contributed by atoms with Crippen molar-refractivity contribution in [3.8, 4) is 24.0 Å². The van der Waals surface area contributed by atoms with Crippen molar-refractivity contribution in [2.75, 3.05) is 7.11 Å². The Kier molecular flexibility index (Phi) is 4.58. The average molecular weight is 418 g/mol. The molecule has 2 aliphatic heterocycles. The van der Waals surface area contributed by atoms with Gasteiger partial charge in [0.1, 0.15) is 11.9 Å². The summed E-state index contributed by atoms with van der Waals surface area (Å²) >= 11 is 0. The number of hydrogen-bond donors (Lipinski definition) is 1. The van der Waals surface area contributed by atoms with Gasteiger partial charge in [-0.1, -0.05) is 39.0 Å². The molecule has 1 N–H and O–H groups in total. The van der Waals surface area contributed by atoms with E-state index in [1.165, 1.54) is 7.11 Å². The van der Waals surface area contributed by atoms with E-state index in [1.807, 2.05) is 0 Å². The minimum atomic E-state index is -1.96. The fraction of sp³-hybridized carbons (Fsp3) is 0.583. The molecule has 2 bridgehead atoms. The Morgan fingerprint density at radius 3 is 2.39 bits per heavy atom. The van der Waals surface area contributed by atoms with E-state index in [1.54, 1.807) is 24.3 Å². The number of para-hydroxylation sites is 1. The molecule has 2 heterocycles. The summed E-state index contributed by atoms with van der Waals surface area (Å²) in [5.41, 5.74) is -3.22. The second-order valence-corrected chi connectivity index (χ2v) is 9.82. The van der Waals surface area contributed by atoms with E-state index in [0.29, 0.717) is 24.2 Å². The highest BCUT2D eigenvalue weighted by Crippen LogP contribution is 2.71. The molecule has 5 atom stereocenters. The van der Waals surface area contributed by atoms with Gasteiger partial charge in [-0.15, -0.1) is 0 Å². The van der Waals surface area contributed by atoms with Crippen molar-refractivity contribution in [3.05, 3.63) is 29.8 Å². The fourth-order valence-electron chi connectivity index (χ4n) is 5.79. The molecule has 1 aliphatic carbocycles. The van der Waals surface area contributed by atoms with Gasteiger partial charge >= 0.3 is 0 Å². The van der Waals surface area contributed by atoms with Crippen molar-refractivity contribution in [2.45, 2.75) is 51.9 Å². The molecule has 0 aromatic heterocycles. The SMILES string of the molecule is COc1ccccc1C1OC23CCC(C(C)(C)C)CC2C(C#N)(C(=N)O3)C1(C#N)C#N. The normalized spacial score (nSPS) is 35.6. The van der Waals surface area contributed by atoms with E-state index < -0.39 is 28.6 Å². The van der Waals surface area contributed by atoms with Crippen LogP contribution in [0.5, 0.6) is 5.75 Å². The molecule has 3 fully saturated rings. The van der Waals surface area contributed by atoms with Crippen molar-refractivity contribution < 1.29 is 14.2 Å². The third-order valence-corrected chi connectivity index (χ3v) is 7.56. The van der Waals surface area contributed by atoms with Crippen LogP contribution >= 0.6 is 0 Å². The molecular formula is C24H26N4O3. The quantitative estimate of drug-likeness (QED) is 0.755. The Hall–Kier alpha value is -3.08. The van der Waals surface area contributed by atoms with E-state index in [0.717, 1.165) is 6.42 Å². The van der Waals surface area contributed by atoms with Crippen LogP contribution in [0.15, 0.2) is 24.3 Å². The molecule has 7 nitrogen and oxygen atoms in total. The van der Waals surface area contributed by atoms with E-state index in [2.05, 4.69) is 39.0 Å². The summed E-state index contributed by atoms with van der Waals surface area (Å²) in [5.74, 6) is -1.43. The molecule has 0 radical (unpaired) electrons. The maximum absolute atomic E-state index is 10.5. The summed E-state index contributed by atoms with van der Waals surface area (Å²) in [6.45, 7) is 6.43. The van der Waals surface area contributed by atoms with E-state index in [9.17, 15) is 15.8 Å². The summed E-state index contributed by atoms with van der Waals surface area (Å²) in [6.07, 6.45) is 0.746. The van der Waals surface area contributed by atoms with Crippen LogP contribution in [-0.2, 0) is 9.47 Å². The van der Waals surface area contributed by atoms with Gasteiger partial charge in [0.15, 0.2) is 5.41 Å². The predicted molar refractivity (Wildman–Crippen MR) is 110 cm³/mol. The monoisotopic (exact) mass is 418 g/mol. The summed E-state index contributed by atoms with van der Waals surface area (Å²) in [5, 5.41) is 40.0. The van der Waals surface area contributed by atoms with Gasteiger partial charge in [0.05, 0.1) is 31.2 Å². The van der Waals surface area contributed by atoms with Crippen molar-refractivity contribution in [2.24, 2.45) is 28.1 Å². The van der Waals surface area contributed by atoms with Gasteiger partial charge in [-0.3, -0.25) is 5.41 Å². The highest BCUT2D eigenvalue weighted by molar-refractivity contribution is 5.89. The number of rotatable bonds is 2. The fourth-order valence-corrected chi connectivity index (χ4v) is 5.79. The van der Waals surface area contributed by atoms with Crippen LogP contribution < -0.4 is 4.74 Å². The molecule has 1 aromatic carbocycles. The lowest BCUT2D eigenvalue weighted by Crippen LogP contribution is -2.61. The summed E-state index contributed by atoms with van der Waals surface area (Å²) in [7, 11) is 1.50. The number of ether oxygens (including phenoxy) is 3. The number of benzene rings is 1. The van der Waals surface area contributed by atoms with Crippen LogP contribution in [0.1, 0.15) is 51.7 Å². The molecule has 0 spiro atoms. The number of methoxy groups -OCH3 is 1. The van der Waals surface area contributed by atoms with Crippen LogP contribution in [0.4, 0.5) is 0 Å². The third kappa shape index (κ3) is 2.49. The lowest BCUT2D eigenvalue weighted by atomic mass is 9.49. The van der Waals surface area contributed by atoms with Crippen molar-refractivity contribution >= 4 is 5.90 Å². The van der Waals surface area contributed by atoms with Crippen molar-refractivity contribution in [3.63, 3.8) is 0 Å². The van der Waals surface area contributed by atoms with Gasteiger partial charge in [0, 0.05) is 12.0 Å². The van der Waals surface area contributed by atoms with E-state index >= 15 is 0 Å². The molecular weight excluding hydrogens is 392 g/mol. The molecule has 4 rings (SSSR count). The zero-order valence-electron chi connectivity index (χ0n) is 18.2. The van der Waals surface area contributed by atoms with Crippen molar-refractivity contribution in [1.29, 1.82) is 21.2 Å². The molecule has 31 heavy (non-hydrogen) atoms. The predicted octanol–water partition coefficient (Wildman–Crippen LogP) is 4.48. The topological polar surface area (TPSA) is 123 Å². The van der Waals surface area contributed by atoms with Gasteiger partial charge in [-0.25, -0.2) is 0 Å². The van der Waals surface area contributed by atoms with Crippen LogP contribution in [-0.4, -0.2) is 18.8 Å². The maximum Gasteiger partial charge on any atom is 0.217 e. The molecule has 5 unspecified atom stereocenters. The Balaban J connectivity index is 1.97. The van der Waals surface area contributed by atoms with Crippen molar-refractivity contribution in [1.82, 2.24) is 0 Å². The summed E-state index contributed by atoms with van der Waals surface area (Å²) < 4.78 is 18.0. The summed E-state index contributed by atoms with van der Waals surface area (Å²) in [4.78, 5) is 0. The lowest BCUT2D eigenvalue weighted by Gasteiger charge is -2.54. The molecule has 3 aliphatic rings. The van der Waals surface area contributed by atoms with E-state index in [-0.39, 0.29) is 17.2 Å². The van der Waals surface area contributed by atoms with Gasteiger partial charge in [-0.05, 0) is 30.2 Å². The van der Waals surface area contributed by atoms with Crippen LogP contribution in [0, 0.1) is 67.5 Å². The summed E-state index contributed by atoms with van der Waals surface area (Å²) in [6, 6.07) is 13.5. The number of nitriles is 3. The smallest absolute Gasteiger partial charge is 0.217 e. The molecule has 0 amide bonds. The standard InChI is InChI=1S/C24H26N4O3/c1-21(2,3)15-9-10-24-18(11-15)23(14-27,20(28)31-24)22(12-25,13-26)19(30-24)16-7-5-6-8-17(16)29-4/h5-8,15,18-19,28H,9-11H2,1-4H3. The highest BCUT2D eigenvalue weighted by atomic mass is 16.7. The van der Waals surface area contributed by atoms with Gasteiger partial charge in [0.2, 0.25) is 17.1 Å². The number of hydrogen-bond acceptors (Lipinski definition) is 7. The van der Waals surface area contributed by atoms with Gasteiger partial charge in [0.25, 0.3) is 0 Å². The van der Waals surface area contributed by atoms with Crippen LogP contribution in [0.2, 0.25) is 0 Å². The zero-order valence-corrected chi connectivity index (χ0v) is 18.2. The highest BCUT2D eigenvalue weighted by Gasteiger charge is 2.81. The van der Waals surface area contributed by atoms with Crippen LogP contribution in [0.25, 0.3) is 0 Å². The average Bonchev–Trinajstić information content (AvgIpc) is 2.96. The molecule has 7 heteroatoms. The minimum absolute atomic E-state index is 0.0265. The molecule has 1 aromatic rings. The minimum Gasteiger partial charge on any atom is -0.496 e. The number of nitrogens with zero attached hydrogens (tertiary/aromatic N) is 3. The zero-order chi connectivity index (χ0) is 22.7. The molecule has 2 saturated heterocycles. The molecule has 1 saturated carbocycles. The third-order valence-electron chi connectivity index (χ3n) is 7.56. The van der Waals surface area contributed by atoms with Crippen LogP contribution in [0.3, 0.4) is 0 Å². The van der Waals surface area contributed by atoms with E-state index in [4.69, 9.17) is 19.6 Å². The Bertz CT molecular complexity index is 1040. The maximum atomic E-state index is 10.5.